The van der Waals surface area contributed by atoms with Crippen LogP contribution in [0, 0.1) is 5.92 Å². The topological polar surface area (TPSA) is 46.2 Å². The van der Waals surface area contributed by atoms with Crippen LogP contribution in [-0.4, -0.2) is 33.0 Å². The molecular formula is C10H21NO2S. The van der Waals surface area contributed by atoms with Gasteiger partial charge < -0.3 is 5.32 Å². The van der Waals surface area contributed by atoms with Gasteiger partial charge in [0.1, 0.15) is 0 Å². The number of hydrogen-bond donors (Lipinski definition) is 1. The van der Waals surface area contributed by atoms with E-state index in [9.17, 15) is 8.42 Å². The van der Waals surface area contributed by atoms with Gasteiger partial charge in [-0.2, -0.15) is 0 Å². The Balaban J connectivity index is 2.02. The average Bonchev–Trinajstić information content (AvgIpc) is 2.93. The number of unbranched alkanes of at least 4 members (excludes halogenated alkanes) is 1. The molecule has 0 bridgehead atoms. The molecule has 0 heterocycles. The van der Waals surface area contributed by atoms with Crippen molar-refractivity contribution in [2.24, 2.45) is 5.92 Å². The van der Waals surface area contributed by atoms with Crippen molar-refractivity contribution in [3.63, 3.8) is 0 Å². The fraction of sp³-hybridized carbons (Fsp3) is 1.00. The Morgan fingerprint density at radius 3 is 2.57 bits per heavy atom. The zero-order valence-electron chi connectivity index (χ0n) is 8.96. The van der Waals surface area contributed by atoms with Crippen molar-refractivity contribution in [1.82, 2.24) is 5.32 Å². The summed E-state index contributed by atoms with van der Waals surface area (Å²) in [6, 6.07) is 0. The molecule has 0 aliphatic heterocycles. The minimum Gasteiger partial charge on any atom is -0.315 e. The predicted molar refractivity (Wildman–Crippen MR) is 59.2 cm³/mol. The summed E-state index contributed by atoms with van der Waals surface area (Å²) in [6.07, 6.45) is 4.38. The van der Waals surface area contributed by atoms with Crippen molar-refractivity contribution < 1.29 is 8.42 Å². The van der Waals surface area contributed by atoms with Gasteiger partial charge in [0.15, 0.2) is 9.84 Å². The third-order valence-electron chi connectivity index (χ3n) is 2.53. The Bertz CT molecular complexity index is 245. The third kappa shape index (κ3) is 5.60. The second-order valence-corrected chi connectivity index (χ2v) is 6.46. The number of sulfone groups is 1. The molecule has 1 fully saturated rings. The molecule has 14 heavy (non-hydrogen) atoms. The fourth-order valence-corrected chi connectivity index (χ4v) is 2.71. The Morgan fingerprint density at radius 1 is 1.29 bits per heavy atom. The summed E-state index contributed by atoms with van der Waals surface area (Å²) in [7, 11) is -2.78. The van der Waals surface area contributed by atoms with Crippen LogP contribution in [0.1, 0.15) is 32.6 Å². The fourth-order valence-electron chi connectivity index (χ4n) is 1.32. The molecule has 0 unspecified atom stereocenters. The van der Waals surface area contributed by atoms with Gasteiger partial charge in [0.05, 0.1) is 11.5 Å². The molecule has 84 valence electrons. The van der Waals surface area contributed by atoms with Gasteiger partial charge in [0.2, 0.25) is 0 Å². The smallest absolute Gasteiger partial charge is 0.151 e. The van der Waals surface area contributed by atoms with Crippen molar-refractivity contribution in [1.29, 1.82) is 0 Å². The van der Waals surface area contributed by atoms with Crippen molar-refractivity contribution in [2.75, 3.05) is 24.6 Å². The van der Waals surface area contributed by atoms with Gasteiger partial charge >= 0.3 is 0 Å². The molecule has 0 spiro atoms. The largest absolute Gasteiger partial charge is 0.315 e. The first-order valence-corrected chi connectivity index (χ1v) is 7.37. The van der Waals surface area contributed by atoms with E-state index in [2.05, 4.69) is 5.32 Å². The van der Waals surface area contributed by atoms with Gasteiger partial charge in [-0.3, -0.25) is 0 Å². The van der Waals surface area contributed by atoms with Crippen molar-refractivity contribution >= 4 is 9.84 Å². The molecule has 0 aromatic carbocycles. The second-order valence-electron chi connectivity index (χ2n) is 4.15. The van der Waals surface area contributed by atoms with Crippen LogP contribution in [0.15, 0.2) is 0 Å². The van der Waals surface area contributed by atoms with Crippen molar-refractivity contribution in [2.45, 2.75) is 32.6 Å². The molecule has 0 radical (unpaired) electrons. The zero-order chi connectivity index (χ0) is 10.4. The van der Waals surface area contributed by atoms with Crippen LogP contribution in [0.25, 0.3) is 0 Å². The first-order valence-electron chi connectivity index (χ1n) is 5.55. The first kappa shape index (κ1) is 12.0. The van der Waals surface area contributed by atoms with E-state index in [0.717, 1.165) is 25.3 Å². The summed E-state index contributed by atoms with van der Waals surface area (Å²) >= 11 is 0. The first-order chi connectivity index (χ1) is 6.64. The molecule has 3 nitrogen and oxygen atoms in total. The van der Waals surface area contributed by atoms with E-state index in [4.69, 9.17) is 0 Å². The lowest BCUT2D eigenvalue weighted by atomic mass is 10.4. The van der Waals surface area contributed by atoms with E-state index in [1.165, 1.54) is 12.8 Å². The lowest BCUT2D eigenvalue weighted by molar-refractivity contribution is 0.585. The van der Waals surface area contributed by atoms with Gasteiger partial charge in [-0.05, 0) is 31.7 Å². The van der Waals surface area contributed by atoms with E-state index in [0.29, 0.717) is 18.1 Å². The quantitative estimate of drug-likeness (QED) is 0.624. The predicted octanol–water partition coefficient (Wildman–Crippen LogP) is 1.20. The van der Waals surface area contributed by atoms with Crippen LogP contribution >= 0.6 is 0 Å². The molecule has 0 amide bonds. The molecule has 1 aliphatic carbocycles. The summed E-state index contributed by atoms with van der Waals surface area (Å²) < 4.78 is 22.8. The molecule has 0 aromatic rings. The van der Waals surface area contributed by atoms with E-state index in [1.807, 2.05) is 6.92 Å². The molecular weight excluding hydrogens is 198 g/mol. The highest BCUT2D eigenvalue weighted by molar-refractivity contribution is 7.91. The summed E-state index contributed by atoms with van der Waals surface area (Å²) in [5.41, 5.74) is 0. The molecule has 1 rings (SSSR count). The number of nitrogens with one attached hydrogen (secondary N) is 1. The summed E-state index contributed by atoms with van der Waals surface area (Å²) in [5.74, 6) is 1.49. The maximum Gasteiger partial charge on any atom is 0.151 e. The average molecular weight is 219 g/mol. The molecule has 0 atom stereocenters. The van der Waals surface area contributed by atoms with Crippen LogP contribution in [0.3, 0.4) is 0 Å². The summed E-state index contributed by atoms with van der Waals surface area (Å²) in [4.78, 5) is 0. The number of hydrogen-bond acceptors (Lipinski definition) is 3. The van der Waals surface area contributed by atoms with Crippen LogP contribution in [-0.2, 0) is 9.84 Å². The molecule has 1 N–H and O–H groups in total. The lowest BCUT2D eigenvalue weighted by Gasteiger charge is -2.04. The summed E-state index contributed by atoms with van der Waals surface area (Å²) in [6.45, 7) is 3.65. The molecule has 4 heteroatoms. The standard InChI is InChI=1S/C10H21NO2S/c1-2-3-7-14(12,13)8-6-11-9-10-4-5-10/h10-11H,2-9H2,1H3. The highest BCUT2D eigenvalue weighted by atomic mass is 32.2. The second kappa shape index (κ2) is 5.71. The monoisotopic (exact) mass is 219 g/mol. The van der Waals surface area contributed by atoms with E-state index < -0.39 is 9.84 Å². The Hall–Kier alpha value is -0.0900. The lowest BCUT2D eigenvalue weighted by Crippen LogP contribution is -2.26. The van der Waals surface area contributed by atoms with Crippen LogP contribution in [0.2, 0.25) is 0 Å². The Labute approximate surface area is 87.2 Å². The normalized spacial score (nSPS) is 17.2. The maximum absolute atomic E-state index is 11.4. The highest BCUT2D eigenvalue weighted by Gasteiger charge is 2.20. The summed E-state index contributed by atoms with van der Waals surface area (Å²) in [5, 5.41) is 3.20. The minimum atomic E-state index is -2.78. The molecule has 0 saturated heterocycles. The van der Waals surface area contributed by atoms with Crippen molar-refractivity contribution in [3.8, 4) is 0 Å². The Morgan fingerprint density at radius 2 is 2.00 bits per heavy atom. The van der Waals surface area contributed by atoms with Crippen molar-refractivity contribution in [3.05, 3.63) is 0 Å². The van der Waals surface area contributed by atoms with Crippen LogP contribution in [0.5, 0.6) is 0 Å². The van der Waals surface area contributed by atoms with Crippen LogP contribution < -0.4 is 5.32 Å². The van der Waals surface area contributed by atoms with Crippen LogP contribution in [0.4, 0.5) is 0 Å². The van der Waals surface area contributed by atoms with Gasteiger partial charge in [-0.15, -0.1) is 0 Å². The molecule has 1 saturated carbocycles. The molecule has 1 aliphatic rings. The number of rotatable bonds is 8. The van der Waals surface area contributed by atoms with Gasteiger partial charge in [0, 0.05) is 6.54 Å². The molecule has 0 aromatic heterocycles. The highest BCUT2D eigenvalue weighted by Crippen LogP contribution is 2.27. The van der Waals surface area contributed by atoms with E-state index in [1.54, 1.807) is 0 Å². The third-order valence-corrected chi connectivity index (χ3v) is 4.27. The zero-order valence-corrected chi connectivity index (χ0v) is 9.78. The maximum atomic E-state index is 11.4. The van der Waals surface area contributed by atoms with Gasteiger partial charge in [-0.25, -0.2) is 8.42 Å². The van der Waals surface area contributed by atoms with Gasteiger partial charge in [0.25, 0.3) is 0 Å². The van der Waals surface area contributed by atoms with Gasteiger partial charge in [-0.1, -0.05) is 13.3 Å². The Kier molecular flexibility index (Phi) is 4.89. The van der Waals surface area contributed by atoms with E-state index >= 15 is 0 Å². The SMILES string of the molecule is CCCCS(=O)(=O)CCNCC1CC1. The minimum absolute atomic E-state index is 0.305. The van der Waals surface area contributed by atoms with E-state index in [-0.39, 0.29) is 0 Å².